The smallest absolute Gasteiger partial charge is 0.244 e. The summed E-state index contributed by atoms with van der Waals surface area (Å²) in [5.41, 5.74) is 23.5. The van der Waals surface area contributed by atoms with Crippen molar-refractivity contribution in [2.75, 3.05) is 20.7 Å². The molecule has 1 aliphatic carbocycles. The number of aliphatic hydroxyl groups is 2. The molecule has 0 radical (unpaired) electrons. The van der Waals surface area contributed by atoms with Crippen LogP contribution in [0.1, 0.15) is 19.8 Å². The summed E-state index contributed by atoms with van der Waals surface area (Å²) in [6.45, 7) is 1.61. The third kappa shape index (κ3) is 5.26. The van der Waals surface area contributed by atoms with Crippen LogP contribution in [0.4, 0.5) is 0 Å². The Labute approximate surface area is 176 Å². The van der Waals surface area contributed by atoms with E-state index in [0.717, 1.165) is 6.34 Å². The Morgan fingerprint density at radius 3 is 2.53 bits per heavy atom. The summed E-state index contributed by atoms with van der Waals surface area (Å²) >= 11 is 0. The molecule has 10 atom stereocenters. The second-order valence-electron chi connectivity index (χ2n) is 7.99. The molecule has 0 aromatic carbocycles. The first-order chi connectivity index (χ1) is 14.1. The number of methoxy groups -OCH3 is 1. The van der Waals surface area contributed by atoms with E-state index in [0.29, 0.717) is 12.8 Å². The second-order valence-corrected chi connectivity index (χ2v) is 7.99. The number of amides is 1. The van der Waals surface area contributed by atoms with Crippen molar-refractivity contribution < 1.29 is 29.2 Å². The molecule has 1 aliphatic heterocycles. The Hall–Kier alpha value is -1.38. The minimum Gasteiger partial charge on any atom is -0.390 e. The van der Waals surface area contributed by atoms with Crippen LogP contribution >= 0.6 is 0 Å². The maximum atomic E-state index is 12.4. The van der Waals surface area contributed by atoms with E-state index in [1.807, 2.05) is 6.92 Å². The lowest BCUT2D eigenvalue weighted by molar-refractivity contribution is -0.267. The summed E-state index contributed by atoms with van der Waals surface area (Å²) in [7, 11) is 2.84. The van der Waals surface area contributed by atoms with Crippen molar-refractivity contribution in [1.29, 1.82) is 0 Å². The van der Waals surface area contributed by atoms with Crippen molar-refractivity contribution in [3.8, 4) is 0 Å². The molecule has 12 nitrogen and oxygen atoms in total. The highest BCUT2D eigenvalue weighted by molar-refractivity contribution is 5.79. The number of nitrogens with zero attached hydrogens (tertiary/aromatic N) is 2. The Kier molecular flexibility index (Phi) is 8.94. The van der Waals surface area contributed by atoms with Gasteiger partial charge in [-0.15, -0.1) is 0 Å². The topological polar surface area (TPSA) is 205 Å². The van der Waals surface area contributed by atoms with Crippen molar-refractivity contribution in [2.45, 2.75) is 80.7 Å². The van der Waals surface area contributed by atoms with Crippen LogP contribution in [0.5, 0.6) is 0 Å². The molecule has 1 saturated heterocycles. The third-order valence-corrected chi connectivity index (χ3v) is 5.90. The predicted octanol–water partition coefficient (Wildman–Crippen LogP) is -3.56. The van der Waals surface area contributed by atoms with E-state index in [1.54, 1.807) is 0 Å². The molecule has 2 rings (SSSR count). The first kappa shape index (κ1) is 24.9. The van der Waals surface area contributed by atoms with Gasteiger partial charge in [0.15, 0.2) is 6.29 Å². The molecule has 12 heteroatoms. The molecule has 2 fully saturated rings. The third-order valence-electron chi connectivity index (χ3n) is 5.90. The highest BCUT2D eigenvalue weighted by Crippen LogP contribution is 2.31. The molecular formula is C18H36N6O6. The minimum absolute atomic E-state index is 0.215. The molecule has 2 aliphatic rings. The molecule has 174 valence electrons. The zero-order chi connectivity index (χ0) is 22.6. The number of aliphatic imine (C=N–C) groups is 1. The SMILES string of the molecule is CO[C@H]1[C@@H](O)[C@H](N)[C@@H](O[C@H]2O[C@H]([C@H](C)N)CC[C@H]2N)[C@H](O)[C@@H]1N(C)C(=O)CN=CN. The Morgan fingerprint density at radius 2 is 1.97 bits per heavy atom. The van der Waals surface area contributed by atoms with Crippen molar-refractivity contribution >= 4 is 12.2 Å². The van der Waals surface area contributed by atoms with E-state index in [-0.39, 0.29) is 18.7 Å². The fraction of sp³-hybridized carbons (Fsp3) is 0.889. The lowest BCUT2D eigenvalue weighted by atomic mass is 9.80. The van der Waals surface area contributed by atoms with Gasteiger partial charge >= 0.3 is 0 Å². The van der Waals surface area contributed by atoms with Crippen LogP contribution in [0.3, 0.4) is 0 Å². The van der Waals surface area contributed by atoms with Gasteiger partial charge in [-0.1, -0.05) is 0 Å². The van der Waals surface area contributed by atoms with Crippen LogP contribution in [-0.4, -0.2) is 109 Å². The van der Waals surface area contributed by atoms with Gasteiger partial charge in [-0.25, -0.2) is 0 Å². The first-order valence-electron chi connectivity index (χ1n) is 10.1. The molecular weight excluding hydrogens is 396 g/mol. The van der Waals surface area contributed by atoms with Crippen LogP contribution in [0, 0.1) is 0 Å². The standard InChI is InChI=1S/C18H36N6O6/c1-8(20)10-5-4-9(21)18(29-10)30-16-12(22)14(26)17(28-3)13(15(16)27)24(2)11(25)6-23-7-19/h7-10,12-18,26-27H,4-6,20-22H2,1-3H3,(H2,19,23)/t8-,9+,10-,12-,13-,14-,15+,16+,17+,18+/m0/s1. The Bertz CT molecular complexity index is 596. The number of carbonyl (C=O) groups is 1. The van der Waals surface area contributed by atoms with Crippen molar-refractivity contribution in [1.82, 2.24) is 4.90 Å². The molecule has 0 aromatic rings. The fourth-order valence-electron chi connectivity index (χ4n) is 4.05. The lowest BCUT2D eigenvalue weighted by Gasteiger charge is -2.50. The summed E-state index contributed by atoms with van der Waals surface area (Å²) in [5, 5.41) is 21.8. The number of nitrogens with two attached hydrogens (primary N) is 4. The number of aliphatic hydroxyl groups excluding tert-OH is 2. The fourth-order valence-corrected chi connectivity index (χ4v) is 4.05. The largest absolute Gasteiger partial charge is 0.390 e. The highest BCUT2D eigenvalue weighted by atomic mass is 16.7. The summed E-state index contributed by atoms with van der Waals surface area (Å²) in [5.74, 6) is -0.424. The van der Waals surface area contributed by atoms with Gasteiger partial charge in [0.2, 0.25) is 5.91 Å². The predicted molar refractivity (Wildman–Crippen MR) is 109 cm³/mol. The summed E-state index contributed by atoms with van der Waals surface area (Å²) in [6, 6.07) is -2.62. The van der Waals surface area contributed by atoms with Crippen LogP contribution < -0.4 is 22.9 Å². The van der Waals surface area contributed by atoms with Crippen molar-refractivity contribution in [3.05, 3.63) is 0 Å². The van der Waals surface area contributed by atoms with Gasteiger partial charge in [0.1, 0.15) is 24.9 Å². The zero-order valence-electron chi connectivity index (χ0n) is 17.7. The molecule has 0 unspecified atom stereocenters. The van der Waals surface area contributed by atoms with E-state index < -0.39 is 54.7 Å². The molecule has 1 heterocycles. The maximum absolute atomic E-state index is 12.4. The van der Waals surface area contributed by atoms with Gasteiger partial charge in [-0.2, -0.15) is 0 Å². The van der Waals surface area contributed by atoms with Gasteiger partial charge in [0.25, 0.3) is 0 Å². The van der Waals surface area contributed by atoms with E-state index in [2.05, 4.69) is 4.99 Å². The number of carbonyl (C=O) groups excluding carboxylic acids is 1. The molecule has 30 heavy (non-hydrogen) atoms. The minimum atomic E-state index is -1.28. The van der Waals surface area contributed by atoms with E-state index >= 15 is 0 Å². The molecule has 10 N–H and O–H groups in total. The zero-order valence-corrected chi connectivity index (χ0v) is 17.7. The summed E-state index contributed by atoms with van der Waals surface area (Å²) < 4.78 is 17.2. The van der Waals surface area contributed by atoms with Gasteiger partial charge in [0, 0.05) is 20.2 Å². The summed E-state index contributed by atoms with van der Waals surface area (Å²) in [4.78, 5) is 17.4. The quantitative estimate of drug-likeness (QED) is 0.172. The first-order valence-corrected chi connectivity index (χ1v) is 10.1. The molecule has 1 amide bonds. The van der Waals surface area contributed by atoms with Gasteiger partial charge in [-0.05, 0) is 19.8 Å². The maximum Gasteiger partial charge on any atom is 0.244 e. The van der Waals surface area contributed by atoms with E-state index in [9.17, 15) is 15.0 Å². The van der Waals surface area contributed by atoms with Crippen molar-refractivity contribution in [2.24, 2.45) is 27.9 Å². The average molecular weight is 433 g/mol. The van der Waals surface area contributed by atoms with Gasteiger partial charge in [0.05, 0.1) is 36.7 Å². The normalized spacial score (nSPS) is 41.0. The number of hydrogen-bond acceptors (Lipinski definition) is 10. The van der Waals surface area contributed by atoms with E-state index in [1.165, 1.54) is 19.1 Å². The monoisotopic (exact) mass is 432 g/mol. The molecule has 0 aromatic heterocycles. The molecule has 0 spiro atoms. The average Bonchev–Trinajstić information content (AvgIpc) is 2.72. The van der Waals surface area contributed by atoms with E-state index in [4.69, 9.17) is 37.1 Å². The Morgan fingerprint density at radius 1 is 1.30 bits per heavy atom. The van der Waals surface area contributed by atoms with Crippen LogP contribution in [-0.2, 0) is 19.0 Å². The molecule has 0 bridgehead atoms. The van der Waals surface area contributed by atoms with Gasteiger partial charge < -0.3 is 52.3 Å². The van der Waals surface area contributed by atoms with Crippen LogP contribution in [0.15, 0.2) is 4.99 Å². The number of ether oxygens (including phenoxy) is 3. The number of likely N-dealkylation sites (N-methyl/N-ethyl adjacent to an activating group) is 1. The molecule has 1 saturated carbocycles. The Balaban J connectivity index is 2.23. The van der Waals surface area contributed by atoms with Crippen LogP contribution in [0.2, 0.25) is 0 Å². The highest BCUT2D eigenvalue weighted by Gasteiger charge is 2.53. The summed E-state index contributed by atoms with van der Waals surface area (Å²) in [6.07, 6.45) is -3.29. The number of rotatable bonds is 7. The lowest BCUT2D eigenvalue weighted by Crippen LogP contribution is -2.72. The number of hydrogen-bond donors (Lipinski definition) is 6. The second kappa shape index (κ2) is 10.8. The van der Waals surface area contributed by atoms with Gasteiger partial charge in [-0.3, -0.25) is 9.79 Å². The van der Waals surface area contributed by atoms with Crippen LogP contribution in [0.25, 0.3) is 0 Å². The van der Waals surface area contributed by atoms with Crippen molar-refractivity contribution in [3.63, 3.8) is 0 Å².